The predicted octanol–water partition coefficient (Wildman–Crippen LogP) is 3.12. The van der Waals surface area contributed by atoms with Gasteiger partial charge in [-0.1, -0.05) is 18.2 Å². The summed E-state index contributed by atoms with van der Waals surface area (Å²) in [6.45, 7) is 0. The van der Waals surface area contributed by atoms with Crippen LogP contribution in [0.2, 0.25) is 0 Å². The highest BCUT2D eigenvalue weighted by atomic mass is 127. The van der Waals surface area contributed by atoms with Gasteiger partial charge >= 0.3 is 0 Å². The SMILES string of the molecule is Cl.N[C@H](c1ccccc1I)C1CC1. The van der Waals surface area contributed by atoms with E-state index in [1.165, 1.54) is 22.0 Å². The molecule has 0 radical (unpaired) electrons. The third-order valence-corrected chi connectivity index (χ3v) is 3.38. The van der Waals surface area contributed by atoms with Gasteiger partial charge in [0.2, 0.25) is 0 Å². The molecule has 0 heterocycles. The number of benzene rings is 1. The van der Waals surface area contributed by atoms with Gasteiger partial charge in [0.1, 0.15) is 0 Å². The highest BCUT2D eigenvalue weighted by Crippen LogP contribution is 2.40. The van der Waals surface area contributed by atoms with Gasteiger partial charge in [0.25, 0.3) is 0 Å². The van der Waals surface area contributed by atoms with Gasteiger partial charge in [0.05, 0.1) is 0 Å². The lowest BCUT2D eigenvalue weighted by molar-refractivity contribution is 0.630. The summed E-state index contributed by atoms with van der Waals surface area (Å²) >= 11 is 2.36. The van der Waals surface area contributed by atoms with Crippen LogP contribution in [-0.2, 0) is 0 Å². The Morgan fingerprint density at radius 2 is 1.92 bits per heavy atom. The molecule has 3 heteroatoms. The number of halogens is 2. The molecule has 0 amide bonds. The van der Waals surface area contributed by atoms with E-state index in [2.05, 4.69) is 46.9 Å². The number of nitrogens with two attached hydrogens (primary N) is 1. The van der Waals surface area contributed by atoms with Gasteiger partial charge in [-0.05, 0) is 53.0 Å². The Kier molecular flexibility index (Phi) is 4.01. The average Bonchev–Trinajstić information content (AvgIpc) is 2.86. The minimum absolute atomic E-state index is 0. The lowest BCUT2D eigenvalue weighted by Crippen LogP contribution is -2.13. The lowest BCUT2D eigenvalue weighted by Gasteiger charge is -2.11. The minimum atomic E-state index is 0. The van der Waals surface area contributed by atoms with Gasteiger partial charge in [-0.2, -0.15) is 0 Å². The number of hydrogen-bond acceptors (Lipinski definition) is 1. The van der Waals surface area contributed by atoms with Crippen molar-refractivity contribution in [2.24, 2.45) is 11.7 Å². The summed E-state index contributed by atoms with van der Waals surface area (Å²) in [5.41, 5.74) is 7.42. The van der Waals surface area contributed by atoms with Crippen LogP contribution in [-0.4, -0.2) is 0 Å². The average molecular weight is 310 g/mol. The summed E-state index contributed by atoms with van der Waals surface area (Å²) in [5.74, 6) is 0.751. The molecule has 2 rings (SSSR count). The van der Waals surface area contributed by atoms with Gasteiger partial charge in [-0.3, -0.25) is 0 Å². The summed E-state index contributed by atoms with van der Waals surface area (Å²) in [6, 6.07) is 8.67. The first kappa shape index (κ1) is 11.3. The Morgan fingerprint density at radius 1 is 1.31 bits per heavy atom. The smallest absolute Gasteiger partial charge is 0.0334 e. The normalized spacial score (nSPS) is 17.7. The monoisotopic (exact) mass is 309 g/mol. The van der Waals surface area contributed by atoms with E-state index >= 15 is 0 Å². The molecule has 0 saturated heterocycles. The molecule has 1 aromatic carbocycles. The molecule has 0 spiro atoms. The fraction of sp³-hybridized carbons (Fsp3) is 0.400. The van der Waals surface area contributed by atoms with Crippen molar-refractivity contribution in [1.82, 2.24) is 0 Å². The van der Waals surface area contributed by atoms with E-state index in [1.54, 1.807) is 0 Å². The summed E-state index contributed by atoms with van der Waals surface area (Å²) < 4.78 is 1.30. The van der Waals surface area contributed by atoms with Gasteiger partial charge < -0.3 is 5.73 Å². The third-order valence-electron chi connectivity index (χ3n) is 2.39. The van der Waals surface area contributed by atoms with E-state index < -0.39 is 0 Å². The Hall–Kier alpha value is 0.200. The second kappa shape index (κ2) is 4.62. The molecule has 0 aliphatic heterocycles. The van der Waals surface area contributed by atoms with Crippen molar-refractivity contribution >= 4 is 35.0 Å². The third kappa shape index (κ3) is 2.58. The fourth-order valence-electron chi connectivity index (χ4n) is 1.45. The molecule has 72 valence electrons. The molecule has 0 unspecified atom stereocenters. The van der Waals surface area contributed by atoms with Crippen molar-refractivity contribution in [2.45, 2.75) is 18.9 Å². The van der Waals surface area contributed by atoms with Crippen molar-refractivity contribution in [3.63, 3.8) is 0 Å². The predicted molar refractivity (Wildman–Crippen MR) is 66.1 cm³/mol. The fourth-order valence-corrected chi connectivity index (χ4v) is 2.20. The number of rotatable bonds is 2. The first-order chi connectivity index (χ1) is 5.79. The molecule has 0 aromatic heterocycles. The Balaban J connectivity index is 0.000000845. The zero-order valence-corrected chi connectivity index (χ0v) is 10.2. The highest BCUT2D eigenvalue weighted by Gasteiger charge is 2.30. The van der Waals surface area contributed by atoms with Crippen LogP contribution in [0.15, 0.2) is 24.3 Å². The summed E-state index contributed by atoms with van der Waals surface area (Å²) in [5, 5.41) is 0. The largest absolute Gasteiger partial charge is 0.324 e. The molecule has 0 bridgehead atoms. The molecule has 2 N–H and O–H groups in total. The molecule has 1 aromatic rings. The van der Waals surface area contributed by atoms with Crippen LogP contribution in [0.3, 0.4) is 0 Å². The van der Waals surface area contributed by atoms with Gasteiger partial charge in [0.15, 0.2) is 0 Å². The van der Waals surface area contributed by atoms with Crippen LogP contribution in [0.25, 0.3) is 0 Å². The molecular formula is C10H13ClIN. The molecule has 13 heavy (non-hydrogen) atoms. The van der Waals surface area contributed by atoms with Crippen LogP contribution in [0.4, 0.5) is 0 Å². The zero-order valence-electron chi connectivity index (χ0n) is 7.24. The van der Waals surface area contributed by atoms with E-state index in [4.69, 9.17) is 5.73 Å². The standard InChI is InChI=1S/C10H12IN.ClH/c11-9-4-2-1-3-8(9)10(12)7-5-6-7;/h1-4,7,10H,5-6,12H2;1H/t10-;/m0./s1. The molecular weight excluding hydrogens is 296 g/mol. The van der Waals surface area contributed by atoms with E-state index in [0.29, 0.717) is 0 Å². The van der Waals surface area contributed by atoms with Crippen molar-refractivity contribution < 1.29 is 0 Å². The van der Waals surface area contributed by atoms with Crippen LogP contribution in [0, 0.1) is 9.49 Å². The molecule has 1 aliphatic rings. The van der Waals surface area contributed by atoms with Gasteiger partial charge in [0, 0.05) is 9.61 Å². The van der Waals surface area contributed by atoms with Crippen LogP contribution < -0.4 is 5.73 Å². The molecule has 1 saturated carbocycles. The Labute approximate surface area is 98.6 Å². The first-order valence-corrected chi connectivity index (χ1v) is 5.37. The van der Waals surface area contributed by atoms with Crippen molar-refractivity contribution in [3.8, 4) is 0 Å². The quantitative estimate of drug-likeness (QED) is 0.835. The van der Waals surface area contributed by atoms with Crippen molar-refractivity contribution in [3.05, 3.63) is 33.4 Å². The highest BCUT2D eigenvalue weighted by molar-refractivity contribution is 14.1. The van der Waals surface area contributed by atoms with E-state index in [9.17, 15) is 0 Å². The molecule has 1 fully saturated rings. The maximum atomic E-state index is 6.10. The minimum Gasteiger partial charge on any atom is -0.324 e. The van der Waals surface area contributed by atoms with Crippen LogP contribution in [0.1, 0.15) is 24.4 Å². The van der Waals surface area contributed by atoms with E-state index in [0.717, 1.165) is 5.92 Å². The van der Waals surface area contributed by atoms with E-state index in [-0.39, 0.29) is 18.4 Å². The summed E-state index contributed by atoms with van der Waals surface area (Å²) in [7, 11) is 0. The second-order valence-corrected chi connectivity index (χ2v) is 4.55. The van der Waals surface area contributed by atoms with Crippen molar-refractivity contribution in [1.29, 1.82) is 0 Å². The van der Waals surface area contributed by atoms with Crippen LogP contribution in [0.5, 0.6) is 0 Å². The molecule has 1 nitrogen and oxygen atoms in total. The van der Waals surface area contributed by atoms with Gasteiger partial charge in [-0.25, -0.2) is 0 Å². The molecule has 1 aliphatic carbocycles. The van der Waals surface area contributed by atoms with Crippen molar-refractivity contribution in [2.75, 3.05) is 0 Å². The second-order valence-electron chi connectivity index (χ2n) is 3.38. The van der Waals surface area contributed by atoms with E-state index in [1.807, 2.05) is 0 Å². The number of hydrogen-bond donors (Lipinski definition) is 1. The van der Waals surface area contributed by atoms with Crippen LogP contribution >= 0.6 is 35.0 Å². The molecule has 1 atom stereocenters. The summed E-state index contributed by atoms with van der Waals surface area (Å²) in [6.07, 6.45) is 2.62. The zero-order chi connectivity index (χ0) is 8.55. The maximum absolute atomic E-state index is 6.10. The maximum Gasteiger partial charge on any atom is 0.0334 e. The Bertz CT molecular complexity index is 286. The lowest BCUT2D eigenvalue weighted by atomic mass is 10.0. The van der Waals surface area contributed by atoms with Gasteiger partial charge in [-0.15, -0.1) is 12.4 Å². The summed E-state index contributed by atoms with van der Waals surface area (Å²) in [4.78, 5) is 0. The Morgan fingerprint density at radius 3 is 2.46 bits per heavy atom. The topological polar surface area (TPSA) is 26.0 Å². The first-order valence-electron chi connectivity index (χ1n) is 4.29.